The molecule has 31 heavy (non-hydrogen) atoms. The van der Waals surface area contributed by atoms with Crippen molar-refractivity contribution in [2.75, 3.05) is 50.0 Å². The van der Waals surface area contributed by atoms with Gasteiger partial charge in [0.15, 0.2) is 0 Å². The molecule has 0 saturated carbocycles. The average Bonchev–Trinajstić information content (AvgIpc) is 2.77. The van der Waals surface area contributed by atoms with Gasteiger partial charge in [-0.05, 0) is 55.0 Å². The van der Waals surface area contributed by atoms with Crippen LogP contribution in [0.5, 0.6) is 0 Å². The van der Waals surface area contributed by atoms with Crippen molar-refractivity contribution in [3.8, 4) is 0 Å². The molecule has 0 unspecified atom stereocenters. The Morgan fingerprint density at radius 1 is 1.10 bits per heavy atom. The van der Waals surface area contributed by atoms with Crippen LogP contribution >= 0.6 is 23.2 Å². The monoisotopic (exact) mass is 458 g/mol. The van der Waals surface area contributed by atoms with Gasteiger partial charge in [0.25, 0.3) is 5.91 Å². The smallest absolute Gasteiger partial charge is 0.255 e. The molecule has 0 spiro atoms. The minimum atomic E-state index is -0.245. The number of nitrogens with zero attached hydrogens (tertiary/aromatic N) is 2. The van der Waals surface area contributed by atoms with Crippen molar-refractivity contribution in [3.05, 3.63) is 63.6 Å². The largest absolute Gasteiger partial charge is 0.379 e. The Morgan fingerprint density at radius 3 is 2.68 bits per heavy atom. The van der Waals surface area contributed by atoms with Gasteiger partial charge < -0.3 is 15.4 Å². The van der Waals surface area contributed by atoms with E-state index in [1.807, 2.05) is 31.2 Å². The Labute approximate surface area is 191 Å². The summed E-state index contributed by atoms with van der Waals surface area (Å²) in [5.41, 5.74) is 3.11. The zero-order valence-electron chi connectivity index (χ0n) is 17.3. The second kappa shape index (κ2) is 9.83. The number of anilines is 2. The number of fused-ring (bicyclic) bond motifs is 1. The van der Waals surface area contributed by atoms with E-state index >= 15 is 0 Å². The maximum absolute atomic E-state index is 12.6. The Hall–Kier alpha value is -2.38. The van der Waals surface area contributed by atoms with E-state index in [0.29, 0.717) is 21.3 Å². The first-order chi connectivity index (χ1) is 15.0. The van der Waals surface area contributed by atoms with Gasteiger partial charge in [0.2, 0.25) is 0 Å². The maximum Gasteiger partial charge on any atom is 0.255 e. The van der Waals surface area contributed by atoms with E-state index < -0.39 is 0 Å². The third-order valence-electron chi connectivity index (χ3n) is 5.29. The molecule has 0 bridgehead atoms. The number of aryl methyl sites for hydroxylation is 1. The molecule has 162 valence electrons. The zero-order chi connectivity index (χ0) is 21.8. The standard InChI is InChI=1S/C23H24Cl2N4O2/c1-15-12-22(26-6-7-29-8-10-31-11-9-29)28-21-5-3-17(14-18(15)21)27-23(30)16-2-4-19(24)20(25)13-16/h2-5,12-14H,6-11H2,1H3,(H,26,28)(H,27,30). The van der Waals surface area contributed by atoms with Crippen LogP contribution in [0.15, 0.2) is 42.5 Å². The van der Waals surface area contributed by atoms with Crippen molar-refractivity contribution in [1.29, 1.82) is 0 Å². The van der Waals surface area contributed by atoms with Crippen LogP contribution in [0, 0.1) is 6.92 Å². The number of morpholine rings is 1. The molecule has 1 aliphatic rings. The summed E-state index contributed by atoms with van der Waals surface area (Å²) in [6.45, 7) is 7.39. The molecule has 2 N–H and O–H groups in total. The van der Waals surface area contributed by atoms with Crippen LogP contribution in [0.25, 0.3) is 10.9 Å². The number of hydrogen-bond acceptors (Lipinski definition) is 5. The number of benzene rings is 2. The molecule has 2 aromatic carbocycles. The zero-order valence-corrected chi connectivity index (χ0v) is 18.8. The number of halogens is 2. The second-order valence-electron chi connectivity index (χ2n) is 7.52. The molecule has 3 aromatic rings. The number of aromatic nitrogens is 1. The molecule has 0 radical (unpaired) electrons. The number of rotatable bonds is 6. The first kappa shape index (κ1) is 21.8. The van der Waals surface area contributed by atoms with Crippen molar-refractivity contribution in [1.82, 2.24) is 9.88 Å². The van der Waals surface area contributed by atoms with Crippen LogP contribution in [-0.4, -0.2) is 55.2 Å². The number of carbonyl (C=O) groups excluding carboxylic acids is 1. The van der Waals surface area contributed by atoms with Crippen molar-refractivity contribution in [2.24, 2.45) is 0 Å². The van der Waals surface area contributed by atoms with E-state index in [9.17, 15) is 4.79 Å². The van der Waals surface area contributed by atoms with E-state index in [-0.39, 0.29) is 5.91 Å². The van der Waals surface area contributed by atoms with Crippen LogP contribution in [0.1, 0.15) is 15.9 Å². The Morgan fingerprint density at radius 2 is 1.90 bits per heavy atom. The third kappa shape index (κ3) is 5.46. The second-order valence-corrected chi connectivity index (χ2v) is 8.33. The molecule has 2 heterocycles. The number of carbonyl (C=O) groups is 1. The maximum atomic E-state index is 12.6. The lowest BCUT2D eigenvalue weighted by molar-refractivity contribution is 0.0398. The van der Waals surface area contributed by atoms with E-state index in [2.05, 4.69) is 15.5 Å². The molecule has 8 heteroatoms. The lowest BCUT2D eigenvalue weighted by Crippen LogP contribution is -2.39. The number of pyridine rings is 1. The summed E-state index contributed by atoms with van der Waals surface area (Å²) in [6, 6.07) is 12.5. The average molecular weight is 459 g/mol. The van der Waals surface area contributed by atoms with Gasteiger partial charge in [-0.3, -0.25) is 9.69 Å². The fourth-order valence-corrected chi connectivity index (χ4v) is 3.87. The van der Waals surface area contributed by atoms with Gasteiger partial charge in [-0.2, -0.15) is 0 Å². The Bertz CT molecular complexity index is 1100. The topological polar surface area (TPSA) is 66.5 Å². The van der Waals surface area contributed by atoms with E-state index in [0.717, 1.165) is 61.7 Å². The van der Waals surface area contributed by atoms with Crippen molar-refractivity contribution in [3.63, 3.8) is 0 Å². The van der Waals surface area contributed by atoms with Gasteiger partial charge in [0, 0.05) is 42.8 Å². The summed E-state index contributed by atoms with van der Waals surface area (Å²) in [5.74, 6) is 0.607. The summed E-state index contributed by atoms with van der Waals surface area (Å²) in [7, 11) is 0. The summed E-state index contributed by atoms with van der Waals surface area (Å²) < 4.78 is 5.39. The molecule has 4 rings (SSSR count). The molecule has 0 aliphatic carbocycles. The first-order valence-corrected chi connectivity index (χ1v) is 11.0. The summed E-state index contributed by atoms with van der Waals surface area (Å²) in [6.07, 6.45) is 0. The normalized spacial score (nSPS) is 14.5. The van der Waals surface area contributed by atoms with Crippen LogP contribution in [0.2, 0.25) is 10.0 Å². The first-order valence-electron chi connectivity index (χ1n) is 10.2. The van der Waals surface area contributed by atoms with E-state index in [1.165, 1.54) is 0 Å². The molecule has 1 saturated heterocycles. The van der Waals surface area contributed by atoms with Gasteiger partial charge >= 0.3 is 0 Å². The highest BCUT2D eigenvalue weighted by molar-refractivity contribution is 6.42. The minimum absolute atomic E-state index is 0.245. The molecule has 1 aromatic heterocycles. The van der Waals surface area contributed by atoms with Gasteiger partial charge in [0.05, 0.1) is 28.8 Å². The lowest BCUT2D eigenvalue weighted by atomic mass is 10.1. The Kier molecular flexibility index (Phi) is 6.92. The summed E-state index contributed by atoms with van der Waals surface area (Å²) in [4.78, 5) is 19.7. The van der Waals surface area contributed by atoms with Crippen LogP contribution in [-0.2, 0) is 4.74 Å². The molecule has 6 nitrogen and oxygen atoms in total. The highest BCUT2D eigenvalue weighted by Gasteiger charge is 2.12. The highest BCUT2D eigenvalue weighted by Crippen LogP contribution is 2.26. The molecule has 1 amide bonds. The summed E-state index contributed by atoms with van der Waals surface area (Å²) >= 11 is 11.9. The van der Waals surface area contributed by atoms with Crippen molar-refractivity contribution < 1.29 is 9.53 Å². The molecular weight excluding hydrogens is 435 g/mol. The SMILES string of the molecule is Cc1cc(NCCN2CCOCC2)nc2ccc(NC(=O)c3ccc(Cl)c(Cl)c3)cc12. The molecular formula is C23H24Cl2N4O2. The third-order valence-corrected chi connectivity index (χ3v) is 6.03. The van der Waals surface area contributed by atoms with Gasteiger partial charge in [-0.25, -0.2) is 4.98 Å². The molecule has 1 fully saturated rings. The predicted molar refractivity (Wildman–Crippen MR) is 127 cm³/mol. The van der Waals surface area contributed by atoms with Gasteiger partial charge in [-0.15, -0.1) is 0 Å². The fourth-order valence-electron chi connectivity index (χ4n) is 3.57. The van der Waals surface area contributed by atoms with Crippen LogP contribution < -0.4 is 10.6 Å². The highest BCUT2D eigenvalue weighted by atomic mass is 35.5. The minimum Gasteiger partial charge on any atom is -0.379 e. The molecule has 0 atom stereocenters. The van der Waals surface area contributed by atoms with Crippen LogP contribution in [0.4, 0.5) is 11.5 Å². The van der Waals surface area contributed by atoms with Crippen molar-refractivity contribution >= 4 is 51.5 Å². The lowest BCUT2D eigenvalue weighted by Gasteiger charge is -2.26. The number of hydrogen-bond donors (Lipinski definition) is 2. The van der Waals surface area contributed by atoms with Gasteiger partial charge in [0.1, 0.15) is 5.82 Å². The summed E-state index contributed by atoms with van der Waals surface area (Å²) in [5, 5.41) is 8.08. The van der Waals surface area contributed by atoms with Gasteiger partial charge in [-0.1, -0.05) is 23.2 Å². The number of nitrogens with one attached hydrogen (secondary N) is 2. The van der Waals surface area contributed by atoms with E-state index in [4.69, 9.17) is 32.9 Å². The van der Waals surface area contributed by atoms with Crippen LogP contribution in [0.3, 0.4) is 0 Å². The fraction of sp³-hybridized carbons (Fsp3) is 0.304. The number of amides is 1. The molecule has 1 aliphatic heterocycles. The predicted octanol–water partition coefficient (Wildman–Crippen LogP) is 4.85. The number of ether oxygens (including phenoxy) is 1. The van der Waals surface area contributed by atoms with E-state index in [1.54, 1.807) is 18.2 Å². The Balaban J connectivity index is 1.43. The quantitative estimate of drug-likeness (QED) is 0.552. The van der Waals surface area contributed by atoms with Crippen molar-refractivity contribution in [2.45, 2.75) is 6.92 Å².